The van der Waals surface area contributed by atoms with Crippen LogP contribution in [0.4, 0.5) is 0 Å². The first-order chi connectivity index (χ1) is 17.5. The zero-order chi connectivity index (χ0) is 24.8. The van der Waals surface area contributed by atoms with E-state index in [0.717, 1.165) is 47.3 Å². The van der Waals surface area contributed by atoms with Crippen LogP contribution in [0, 0.1) is 19.8 Å². The lowest BCUT2D eigenvalue weighted by Gasteiger charge is -2.16. The fourth-order valence-electron chi connectivity index (χ4n) is 5.72. The molecule has 3 aromatic rings. The molecule has 5 nitrogen and oxygen atoms in total. The second kappa shape index (κ2) is 9.20. The summed E-state index contributed by atoms with van der Waals surface area (Å²) in [7, 11) is 0. The second-order valence-electron chi connectivity index (χ2n) is 10.6. The number of hydrogen-bond donors (Lipinski definition) is 1. The zero-order valence-corrected chi connectivity index (χ0v) is 20.9. The summed E-state index contributed by atoms with van der Waals surface area (Å²) >= 11 is 0. The second-order valence-corrected chi connectivity index (χ2v) is 10.6. The van der Waals surface area contributed by atoms with E-state index in [-0.39, 0.29) is 18.3 Å². The summed E-state index contributed by atoms with van der Waals surface area (Å²) in [6, 6.07) is 17.0. The minimum atomic E-state index is -0.790. The highest BCUT2D eigenvalue weighted by molar-refractivity contribution is 5.79. The molecule has 186 valence electrons. The molecule has 1 fully saturated rings. The topological polar surface area (TPSA) is 65.0 Å². The minimum Gasteiger partial charge on any atom is -0.493 e. The number of rotatable bonds is 8. The number of carboxylic acids is 1. The van der Waals surface area contributed by atoms with Crippen LogP contribution >= 0.6 is 0 Å². The first-order valence-corrected chi connectivity index (χ1v) is 12.9. The summed E-state index contributed by atoms with van der Waals surface area (Å²) < 4.78 is 18.2. The Kier molecular flexibility index (Phi) is 5.87. The first-order valence-electron chi connectivity index (χ1n) is 12.9. The van der Waals surface area contributed by atoms with Crippen molar-refractivity contribution in [2.45, 2.75) is 51.4 Å². The molecule has 3 aliphatic rings. The van der Waals surface area contributed by atoms with Crippen LogP contribution in [0.2, 0.25) is 0 Å². The third-order valence-electron chi connectivity index (χ3n) is 7.73. The maximum atomic E-state index is 11.1. The number of ether oxygens (including phenoxy) is 3. The van der Waals surface area contributed by atoms with Gasteiger partial charge in [0.25, 0.3) is 0 Å². The van der Waals surface area contributed by atoms with Gasteiger partial charge in [0.2, 0.25) is 0 Å². The molecule has 3 aromatic carbocycles. The Hall–Kier alpha value is -3.47. The van der Waals surface area contributed by atoms with Crippen molar-refractivity contribution in [2.75, 3.05) is 19.8 Å². The van der Waals surface area contributed by atoms with Gasteiger partial charge in [-0.25, -0.2) is 0 Å². The molecular formula is C31H32O5. The SMILES string of the molecule is Cc1cc(OCC2CC2)cc(C)c1-c1cccc2c1OC[C@H]2Cc1ccc2c(c1)OC[C@H]2CC(=O)O. The van der Waals surface area contributed by atoms with E-state index >= 15 is 0 Å². The molecule has 0 aromatic heterocycles. The van der Waals surface area contributed by atoms with Crippen LogP contribution in [0.1, 0.15) is 58.9 Å². The summed E-state index contributed by atoms with van der Waals surface area (Å²) in [5.74, 6) is 2.90. The van der Waals surface area contributed by atoms with E-state index < -0.39 is 5.97 Å². The van der Waals surface area contributed by atoms with Crippen LogP contribution < -0.4 is 14.2 Å². The molecule has 1 N–H and O–H groups in total. The smallest absolute Gasteiger partial charge is 0.304 e. The van der Waals surface area contributed by atoms with E-state index in [9.17, 15) is 4.79 Å². The molecule has 0 amide bonds. The largest absolute Gasteiger partial charge is 0.493 e. The van der Waals surface area contributed by atoms with Crippen molar-refractivity contribution >= 4 is 5.97 Å². The maximum Gasteiger partial charge on any atom is 0.304 e. The van der Waals surface area contributed by atoms with Crippen molar-refractivity contribution in [3.63, 3.8) is 0 Å². The zero-order valence-electron chi connectivity index (χ0n) is 20.9. The van der Waals surface area contributed by atoms with E-state index in [0.29, 0.717) is 13.2 Å². The molecule has 0 saturated heterocycles. The summed E-state index contributed by atoms with van der Waals surface area (Å²) in [6.45, 7) is 6.21. The fraction of sp³-hybridized carbons (Fsp3) is 0.387. The monoisotopic (exact) mass is 484 g/mol. The molecule has 2 aliphatic heterocycles. The molecule has 0 unspecified atom stereocenters. The number of fused-ring (bicyclic) bond motifs is 2. The molecule has 36 heavy (non-hydrogen) atoms. The van der Waals surface area contributed by atoms with Gasteiger partial charge in [-0.2, -0.15) is 0 Å². The Bertz CT molecular complexity index is 1300. The molecule has 0 bridgehead atoms. The summed E-state index contributed by atoms with van der Waals surface area (Å²) in [6.07, 6.45) is 3.52. The lowest BCUT2D eigenvalue weighted by Crippen LogP contribution is -2.07. The molecule has 2 atom stereocenters. The molecule has 0 spiro atoms. The fourth-order valence-corrected chi connectivity index (χ4v) is 5.72. The van der Waals surface area contributed by atoms with E-state index in [1.807, 2.05) is 6.07 Å². The standard InChI is InChI=1S/C31H32O5/c1-18-10-24(34-15-20-6-7-20)11-19(2)30(18)27-5-3-4-26-22(17-36-31(26)27)12-21-8-9-25-23(14-29(32)33)16-35-28(25)13-21/h3-5,8-11,13,20,22-23H,6-7,12,14-17H2,1-2H3,(H,32,33)/t22-,23-/m1/s1. The highest BCUT2D eigenvalue weighted by Crippen LogP contribution is 2.46. The van der Waals surface area contributed by atoms with Gasteiger partial charge < -0.3 is 19.3 Å². The quantitative estimate of drug-likeness (QED) is 0.399. The number of carboxylic acid groups (broad SMARTS) is 1. The van der Waals surface area contributed by atoms with Crippen LogP contribution in [-0.2, 0) is 11.2 Å². The Morgan fingerprint density at radius 1 is 0.972 bits per heavy atom. The average Bonchev–Trinajstić information content (AvgIpc) is 3.47. The van der Waals surface area contributed by atoms with Gasteiger partial charge in [-0.3, -0.25) is 4.79 Å². The van der Waals surface area contributed by atoms with E-state index in [4.69, 9.17) is 19.3 Å². The van der Waals surface area contributed by atoms with Crippen LogP contribution in [0.15, 0.2) is 48.5 Å². The van der Waals surface area contributed by atoms with Gasteiger partial charge in [-0.05, 0) is 79.5 Å². The molecule has 0 radical (unpaired) electrons. The Morgan fingerprint density at radius 3 is 2.50 bits per heavy atom. The van der Waals surface area contributed by atoms with Gasteiger partial charge in [0.1, 0.15) is 17.2 Å². The Morgan fingerprint density at radius 2 is 1.75 bits per heavy atom. The van der Waals surface area contributed by atoms with Gasteiger partial charge in [0, 0.05) is 28.5 Å². The third-order valence-corrected chi connectivity index (χ3v) is 7.73. The number of carbonyl (C=O) groups is 1. The van der Waals surface area contributed by atoms with Gasteiger partial charge >= 0.3 is 5.97 Å². The molecule has 2 heterocycles. The van der Waals surface area contributed by atoms with Crippen LogP contribution in [0.25, 0.3) is 11.1 Å². The number of aliphatic carboxylic acids is 1. The highest BCUT2D eigenvalue weighted by Gasteiger charge is 2.30. The van der Waals surface area contributed by atoms with E-state index in [2.05, 4.69) is 56.3 Å². The lowest BCUT2D eigenvalue weighted by atomic mass is 9.88. The summed E-state index contributed by atoms with van der Waals surface area (Å²) in [4.78, 5) is 11.1. The molecule has 6 rings (SSSR count). The average molecular weight is 485 g/mol. The predicted octanol–water partition coefficient (Wildman–Crippen LogP) is 6.43. The minimum absolute atomic E-state index is 0.0679. The van der Waals surface area contributed by atoms with Crippen molar-refractivity contribution in [2.24, 2.45) is 5.92 Å². The first kappa shape index (κ1) is 23.0. The predicted molar refractivity (Wildman–Crippen MR) is 138 cm³/mol. The van der Waals surface area contributed by atoms with E-state index in [1.165, 1.54) is 40.7 Å². The van der Waals surface area contributed by atoms with E-state index in [1.54, 1.807) is 0 Å². The number of para-hydroxylation sites is 1. The van der Waals surface area contributed by atoms with Crippen molar-refractivity contribution in [3.05, 3.63) is 76.3 Å². The van der Waals surface area contributed by atoms with Crippen LogP contribution in [-0.4, -0.2) is 30.9 Å². The molecule has 1 saturated carbocycles. The van der Waals surface area contributed by atoms with Gasteiger partial charge in [0.15, 0.2) is 0 Å². The van der Waals surface area contributed by atoms with Gasteiger partial charge in [-0.15, -0.1) is 0 Å². The summed E-state index contributed by atoms with van der Waals surface area (Å²) in [5, 5.41) is 9.16. The highest BCUT2D eigenvalue weighted by atomic mass is 16.5. The maximum absolute atomic E-state index is 11.1. The van der Waals surface area contributed by atoms with Gasteiger partial charge in [-0.1, -0.05) is 30.3 Å². The third kappa shape index (κ3) is 4.43. The van der Waals surface area contributed by atoms with Crippen LogP contribution in [0.3, 0.4) is 0 Å². The summed E-state index contributed by atoms with van der Waals surface area (Å²) in [5.41, 5.74) is 8.20. The Balaban J connectivity index is 1.23. The number of benzene rings is 3. The normalized spacial score (nSPS) is 19.8. The van der Waals surface area contributed by atoms with Crippen molar-refractivity contribution in [1.82, 2.24) is 0 Å². The van der Waals surface area contributed by atoms with Gasteiger partial charge in [0.05, 0.1) is 26.2 Å². The lowest BCUT2D eigenvalue weighted by molar-refractivity contribution is -0.137. The Labute approximate surface area is 212 Å². The number of aryl methyl sites for hydroxylation is 2. The van der Waals surface area contributed by atoms with Crippen molar-refractivity contribution in [3.8, 4) is 28.4 Å². The van der Waals surface area contributed by atoms with Crippen LogP contribution in [0.5, 0.6) is 17.2 Å². The number of hydrogen-bond acceptors (Lipinski definition) is 4. The molecular weight excluding hydrogens is 452 g/mol. The molecule has 5 heteroatoms. The van der Waals surface area contributed by atoms with Crippen molar-refractivity contribution in [1.29, 1.82) is 0 Å². The van der Waals surface area contributed by atoms with Crippen molar-refractivity contribution < 1.29 is 24.1 Å². The molecule has 1 aliphatic carbocycles.